The fourth-order valence-electron chi connectivity index (χ4n) is 2.74. The zero-order chi connectivity index (χ0) is 22.1. The number of rotatable bonds is 9. The minimum atomic E-state index is -0.628. The molecule has 8 heteroatoms. The van der Waals surface area contributed by atoms with Crippen molar-refractivity contribution in [3.05, 3.63) is 77.5 Å². The van der Waals surface area contributed by atoms with Gasteiger partial charge in [0.25, 0.3) is 5.91 Å². The quantitative estimate of drug-likeness (QED) is 0.313. The molecule has 1 N–H and O–H groups in total. The monoisotopic (exact) mass is 439 g/mol. The summed E-state index contributed by atoms with van der Waals surface area (Å²) in [5.41, 5.74) is 3.13. The van der Waals surface area contributed by atoms with Crippen LogP contribution in [0.15, 0.2) is 66.9 Å². The maximum absolute atomic E-state index is 12.1. The third kappa shape index (κ3) is 6.53. The van der Waals surface area contributed by atoms with Gasteiger partial charge in [-0.25, -0.2) is 9.48 Å². The molecule has 0 aliphatic heterocycles. The number of amides is 1. The van der Waals surface area contributed by atoms with E-state index in [1.165, 1.54) is 13.2 Å². The SMILES string of the molecule is COCCNC(=O)COC(=O)/C=C/c1cn(-c2ccccc2)nc1-c1ccc(Cl)cc1. The van der Waals surface area contributed by atoms with E-state index >= 15 is 0 Å². The van der Waals surface area contributed by atoms with Crippen LogP contribution in [0.2, 0.25) is 5.02 Å². The number of aromatic nitrogens is 2. The molecule has 2 aromatic carbocycles. The molecule has 1 heterocycles. The smallest absolute Gasteiger partial charge is 0.331 e. The summed E-state index contributed by atoms with van der Waals surface area (Å²) in [5.74, 6) is -1.02. The molecule has 0 fully saturated rings. The number of carbonyl (C=O) groups is 2. The average Bonchev–Trinajstić information content (AvgIpc) is 3.22. The van der Waals surface area contributed by atoms with E-state index in [1.807, 2.05) is 48.7 Å². The molecule has 1 amide bonds. The number of hydrogen-bond acceptors (Lipinski definition) is 5. The van der Waals surface area contributed by atoms with E-state index in [-0.39, 0.29) is 6.61 Å². The molecule has 160 valence electrons. The summed E-state index contributed by atoms with van der Waals surface area (Å²) in [4.78, 5) is 23.7. The van der Waals surface area contributed by atoms with Crippen molar-refractivity contribution in [2.75, 3.05) is 26.9 Å². The summed E-state index contributed by atoms with van der Waals surface area (Å²) in [5, 5.41) is 7.87. The standard InChI is InChI=1S/C23H22ClN3O4/c1-30-14-13-25-21(28)16-31-22(29)12-9-18-15-27(20-5-3-2-4-6-20)26-23(18)17-7-10-19(24)11-8-17/h2-12,15H,13-14,16H2,1H3,(H,25,28)/b12-9+. The second-order valence-corrected chi connectivity index (χ2v) is 6.94. The van der Waals surface area contributed by atoms with Gasteiger partial charge in [-0.15, -0.1) is 0 Å². The molecule has 0 saturated carbocycles. The van der Waals surface area contributed by atoms with Crippen molar-refractivity contribution in [2.24, 2.45) is 0 Å². The molecule has 3 rings (SSSR count). The fourth-order valence-corrected chi connectivity index (χ4v) is 2.87. The van der Waals surface area contributed by atoms with Crippen LogP contribution in [-0.2, 0) is 19.1 Å². The molecule has 0 spiro atoms. The first-order valence-corrected chi connectivity index (χ1v) is 9.96. The van der Waals surface area contributed by atoms with Crippen LogP contribution in [0.3, 0.4) is 0 Å². The van der Waals surface area contributed by atoms with Gasteiger partial charge in [-0.05, 0) is 30.3 Å². The second-order valence-electron chi connectivity index (χ2n) is 6.50. The molecule has 0 atom stereocenters. The van der Waals surface area contributed by atoms with Crippen molar-refractivity contribution in [3.8, 4) is 16.9 Å². The number of methoxy groups -OCH3 is 1. The van der Waals surface area contributed by atoms with Gasteiger partial charge in [0.2, 0.25) is 0 Å². The van der Waals surface area contributed by atoms with E-state index < -0.39 is 11.9 Å². The van der Waals surface area contributed by atoms with Gasteiger partial charge in [0.05, 0.1) is 18.0 Å². The van der Waals surface area contributed by atoms with Crippen LogP contribution in [0.1, 0.15) is 5.56 Å². The van der Waals surface area contributed by atoms with Crippen LogP contribution in [0.25, 0.3) is 23.0 Å². The van der Waals surface area contributed by atoms with E-state index in [1.54, 1.807) is 22.9 Å². The second kappa shape index (κ2) is 11.1. The first kappa shape index (κ1) is 22.3. The van der Waals surface area contributed by atoms with E-state index in [2.05, 4.69) is 10.4 Å². The molecule has 1 aromatic heterocycles. The number of halogens is 1. The molecule has 0 unspecified atom stereocenters. The van der Waals surface area contributed by atoms with Crippen molar-refractivity contribution in [1.82, 2.24) is 15.1 Å². The fraction of sp³-hybridized carbons (Fsp3) is 0.174. The maximum atomic E-state index is 12.1. The molecule has 0 bridgehead atoms. The van der Waals surface area contributed by atoms with E-state index in [4.69, 9.17) is 21.1 Å². The van der Waals surface area contributed by atoms with Crippen LogP contribution < -0.4 is 5.32 Å². The topological polar surface area (TPSA) is 82.5 Å². The average molecular weight is 440 g/mol. The molecule has 31 heavy (non-hydrogen) atoms. The number of hydrogen-bond donors (Lipinski definition) is 1. The Hall–Kier alpha value is -3.42. The summed E-state index contributed by atoms with van der Waals surface area (Å²) in [6.07, 6.45) is 4.70. The molecule has 0 radical (unpaired) electrons. The number of para-hydroxylation sites is 1. The Morgan fingerprint density at radius 3 is 2.58 bits per heavy atom. The number of benzene rings is 2. The Bertz CT molecular complexity index is 1050. The van der Waals surface area contributed by atoms with Crippen LogP contribution in [0.5, 0.6) is 0 Å². The van der Waals surface area contributed by atoms with E-state index in [0.717, 1.165) is 11.3 Å². The summed E-state index contributed by atoms with van der Waals surface area (Å²) in [6.45, 7) is 0.379. The van der Waals surface area contributed by atoms with Gasteiger partial charge in [0.1, 0.15) is 0 Å². The molecular formula is C23H22ClN3O4. The number of carbonyl (C=O) groups excluding carboxylic acids is 2. The Labute approximate surface area is 185 Å². The molecule has 7 nitrogen and oxygen atoms in total. The van der Waals surface area contributed by atoms with Crippen molar-refractivity contribution >= 4 is 29.6 Å². The molecule has 0 aliphatic rings. The van der Waals surface area contributed by atoms with Crippen molar-refractivity contribution in [2.45, 2.75) is 0 Å². The molecule has 0 saturated heterocycles. The highest BCUT2D eigenvalue weighted by Crippen LogP contribution is 2.26. The van der Waals surface area contributed by atoms with Gasteiger partial charge in [0.15, 0.2) is 6.61 Å². The predicted molar refractivity (Wildman–Crippen MR) is 119 cm³/mol. The highest BCUT2D eigenvalue weighted by Gasteiger charge is 2.11. The molecule has 3 aromatic rings. The lowest BCUT2D eigenvalue weighted by Gasteiger charge is -2.04. The normalized spacial score (nSPS) is 10.9. The third-order valence-electron chi connectivity index (χ3n) is 4.25. The summed E-state index contributed by atoms with van der Waals surface area (Å²) in [6, 6.07) is 16.9. The largest absolute Gasteiger partial charge is 0.452 e. The van der Waals surface area contributed by atoms with Crippen LogP contribution >= 0.6 is 11.6 Å². The van der Waals surface area contributed by atoms with Crippen LogP contribution in [0, 0.1) is 0 Å². The minimum Gasteiger partial charge on any atom is -0.452 e. The van der Waals surface area contributed by atoms with E-state index in [9.17, 15) is 9.59 Å². The Kier molecular flexibility index (Phi) is 7.98. The lowest BCUT2D eigenvalue weighted by molar-refractivity contribution is -0.143. The first-order chi connectivity index (χ1) is 15.1. The van der Waals surface area contributed by atoms with Crippen molar-refractivity contribution < 1.29 is 19.1 Å². The zero-order valence-corrected chi connectivity index (χ0v) is 17.7. The van der Waals surface area contributed by atoms with Crippen LogP contribution in [-0.4, -0.2) is 48.5 Å². The van der Waals surface area contributed by atoms with Gasteiger partial charge in [-0.2, -0.15) is 5.10 Å². The van der Waals surface area contributed by atoms with Gasteiger partial charge in [0, 0.05) is 42.1 Å². The molecular weight excluding hydrogens is 418 g/mol. The van der Waals surface area contributed by atoms with Gasteiger partial charge in [-0.1, -0.05) is 41.9 Å². The van der Waals surface area contributed by atoms with Crippen molar-refractivity contribution in [1.29, 1.82) is 0 Å². The first-order valence-electron chi connectivity index (χ1n) is 9.58. The lowest BCUT2D eigenvalue weighted by atomic mass is 10.1. The highest BCUT2D eigenvalue weighted by atomic mass is 35.5. The number of nitrogens with zero attached hydrogens (tertiary/aromatic N) is 2. The van der Waals surface area contributed by atoms with Gasteiger partial charge < -0.3 is 14.8 Å². The van der Waals surface area contributed by atoms with Gasteiger partial charge >= 0.3 is 5.97 Å². The third-order valence-corrected chi connectivity index (χ3v) is 4.51. The van der Waals surface area contributed by atoms with Crippen molar-refractivity contribution in [3.63, 3.8) is 0 Å². The lowest BCUT2D eigenvalue weighted by Crippen LogP contribution is -2.31. The Balaban J connectivity index is 1.76. The zero-order valence-electron chi connectivity index (χ0n) is 17.0. The maximum Gasteiger partial charge on any atom is 0.331 e. The van der Waals surface area contributed by atoms with Crippen LogP contribution in [0.4, 0.5) is 0 Å². The van der Waals surface area contributed by atoms with E-state index in [0.29, 0.717) is 29.4 Å². The Morgan fingerprint density at radius 1 is 1.13 bits per heavy atom. The summed E-state index contributed by atoms with van der Waals surface area (Å²) in [7, 11) is 1.54. The van der Waals surface area contributed by atoms with Gasteiger partial charge in [-0.3, -0.25) is 4.79 Å². The Morgan fingerprint density at radius 2 is 1.87 bits per heavy atom. The summed E-state index contributed by atoms with van der Waals surface area (Å²) >= 11 is 6.00. The number of esters is 1. The highest BCUT2D eigenvalue weighted by molar-refractivity contribution is 6.30. The summed E-state index contributed by atoms with van der Waals surface area (Å²) < 4.78 is 11.6. The number of nitrogens with one attached hydrogen (secondary N) is 1. The predicted octanol–water partition coefficient (Wildman–Crippen LogP) is 3.51. The minimum absolute atomic E-state index is 0.353. The molecule has 0 aliphatic carbocycles. The number of ether oxygens (including phenoxy) is 2.